The average molecular weight is 305 g/mol. The molecule has 1 fully saturated rings. The Morgan fingerprint density at radius 2 is 1.95 bits per heavy atom. The molecule has 2 nitrogen and oxygen atoms in total. The number of thioether (sulfide) groups is 1. The largest absolute Gasteiger partial charge is 0.293 e. The van der Waals surface area contributed by atoms with E-state index in [4.69, 9.17) is 12.2 Å². The summed E-state index contributed by atoms with van der Waals surface area (Å²) >= 11 is 6.65. The minimum absolute atomic E-state index is 0.0368. The number of carbonyl (C=O) groups is 1. The van der Waals surface area contributed by atoms with Crippen molar-refractivity contribution >= 4 is 40.3 Å². The van der Waals surface area contributed by atoms with Crippen LogP contribution in [0.3, 0.4) is 0 Å². The Morgan fingerprint density at radius 3 is 2.50 bits per heavy atom. The predicted octanol–water partition coefficient (Wildman–Crippen LogP) is 4.42. The van der Waals surface area contributed by atoms with Crippen molar-refractivity contribution in [1.82, 2.24) is 4.90 Å². The molecule has 0 bridgehead atoms. The molecule has 0 aromatic heterocycles. The summed E-state index contributed by atoms with van der Waals surface area (Å²) in [5.41, 5.74) is 2.35. The van der Waals surface area contributed by atoms with Crippen LogP contribution in [0.25, 0.3) is 6.08 Å². The van der Waals surface area contributed by atoms with Crippen LogP contribution in [0.15, 0.2) is 29.2 Å². The fraction of sp³-hybridized carbons (Fsp3) is 0.375. The van der Waals surface area contributed by atoms with Gasteiger partial charge < -0.3 is 0 Å². The van der Waals surface area contributed by atoms with E-state index in [0.29, 0.717) is 16.8 Å². The molecule has 1 heterocycles. The monoisotopic (exact) mass is 305 g/mol. The Kier molecular flexibility index (Phi) is 5.00. The Morgan fingerprint density at radius 1 is 1.30 bits per heavy atom. The SMILES string of the molecule is CCCN1C(=O)/C(=C/c2ccc(C(C)C)cc2)SC1=S. The Bertz CT molecular complexity index is 546. The minimum atomic E-state index is 0.0368. The summed E-state index contributed by atoms with van der Waals surface area (Å²) in [7, 11) is 0. The van der Waals surface area contributed by atoms with Crippen LogP contribution in [-0.4, -0.2) is 21.7 Å². The molecular formula is C16H19NOS2. The van der Waals surface area contributed by atoms with Crippen LogP contribution in [0.4, 0.5) is 0 Å². The third-order valence-corrected chi connectivity index (χ3v) is 4.60. The van der Waals surface area contributed by atoms with Crippen LogP contribution in [0, 0.1) is 0 Å². The Labute approximate surface area is 130 Å². The Balaban J connectivity index is 2.19. The normalized spacial score (nSPS) is 17.6. The number of benzene rings is 1. The maximum absolute atomic E-state index is 12.2. The van der Waals surface area contributed by atoms with E-state index < -0.39 is 0 Å². The van der Waals surface area contributed by atoms with E-state index in [9.17, 15) is 4.79 Å². The lowest BCUT2D eigenvalue weighted by molar-refractivity contribution is -0.122. The molecule has 1 amide bonds. The van der Waals surface area contributed by atoms with Gasteiger partial charge in [0.15, 0.2) is 0 Å². The van der Waals surface area contributed by atoms with Gasteiger partial charge in [-0.15, -0.1) is 0 Å². The highest BCUT2D eigenvalue weighted by Gasteiger charge is 2.30. The summed E-state index contributed by atoms with van der Waals surface area (Å²) in [5, 5.41) is 0. The summed E-state index contributed by atoms with van der Waals surface area (Å²) in [5.74, 6) is 0.557. The summed E-state index contributed by atoms with van der Waals surface area (Å²) in [6.45, 7) is 7.09. The number of hydrogen-bond acceptors (Lipinski definition) is 3. The fourth-order valence-electron chi connectivity index (χ4n) is 2.04. The van der Waals surface area contributed by atoms with E-state index in [1.165, 1.54) is 17.3 Å². The second kappa shape index (κ2) is 6.55. The molecule has 0 spiro atoms. The van der Waals surface area contributed by atoms with Gasteiger partial charge in [-0.1, -0.05) is 69.0 Å². The lowest BCUT2D eigenvalue weighted by atomic mass is 10.0. The summed E-state index contributed by atoms with van der Waals surface area (Å²) < 4.78 is 0.668. The number of nitrogens with zero attached hydrogens (tertiary/aromatic N) is 1. The Hall–Kier alpha value is -1.13. The van der Waals surface area contributed by atoms with Gasteiger partial charge in [0.1, 0.15) is 4.32 Å². The van der Waals surface area contributed by atoms with Crippen molar-refractivity contribution in [2.24, 2.45) is 0 Å². The van der Waals surface area contributed by atoms with E-state index in [0.717, 1.165) is 16.9 Å². The van der Waals surface area contributed by atoms with Crippen molar-refractivity contribution in [2.45, 2.75) is 33.1 Å². The molecule has 0 radical (unpaired) electrons. The molecule has 106 valence electrons. The standard InChI is InChI=1S/C16H19NOS2/c1-4-9-17-15(18)14(20-16(17)19)10-12-5-7-13(8-6-12)11(2)3/h5-8,10-11H,4,9H2,1-3H3/b14-10-. The summed E-state index contributed by atoms with van der Waals surface area (Å²) in [6, 6.07) is 8.34. The molecule has 0 unspecified atom stereocenters. The third-order valence-electron chi connectivity index (χ3n) is 3.22. The van der Waals surface area contributed by atoms with Gasteiger partial charge in [-0.25, -0.2) is 0 Å². The molecule has 1 saturated heterocycles. The van der Waals surface area contributed by atoms with Gasteiger partial charge >= 0.3 is 0 Å². The topological polar surface area (TPSA) is 20.3 Å². The predicted molar refractivity (Wildman–Crippen MR) is 90.7 cm³/mol. The van der Waals surface area contributed by atoms with Gasteiger partial charge in [0.2, 0.25) is 0 Å². The van der Waals surface area contributed by atoms with Crippen molar-refractivity contribution in [1.29, 1.82) is 0 Å². The highest BCUT2D eigenvalue weighted by Crippen LogP contribution is 2.32. The summed E-state index contributed by atoms with van der Waals surface area (Å²) in [4.78, 5) is 14.6. The van der Waals surface area contributed by atoms with E-state index in [1.54, 1.807) is 4.90 Å². The van der Waals surface area contributed by atoms with Crippen LogP contribution >= 0.6 is 24.0 Å². The minimum Gasteiger partial charge on any atom is -0.293 e. The van der Waals surface area contributed by atoms with Crippen molar-refractivity contribution in [3.05, 3.63) is 40.3 Å². The molecule has 20 heavy (non-hydrogen) atoms. The van der Waals surface area contributed by atoms with Gasteiger partial charge in [0, 0.05) is 6.54 Å². The van der Waals surface area contributed by atoms with Gasteiger partial charge in [-0.05, 0) is 29.5 Å². The molecule has 0 aliphatic carbocycles. The first kappa shape index (κ1) is 15.3. The van der Waals surface area contributed by atoms with Crippen molar-refractivity contribution < 1.29 is 4.79 Å². The second-order valence-electron chi connectivity index (χ2n) is 5.15. The highest BCUT2D eigenvalue weighted by molar-refractivity contribution is 8.26. The lowest BCUT2D eigenvalue weighted by Gasteiger charge is -2.11. The molecule has 1 aromatic rings. The molecule has 1 aromatic carbocycles. The zero-order chi connectivity index (χ0) is 14.7. The highest BCUT2D eigenvalue weighted by atomic mass is 32.2. The summed E-state index contributed by atoms with van der Waals surface area (Å²) in [6.07, 6.45) is 2.85. The van der Waals surface area contributed by atoms with Crippen molar-refractivity contribution in [3.8, 4) is 0 Å². The van der Waals surface area contributed by atoms with Crippen LogP contribution < -0.4 is 0 Å². The first-order valence-corrected chi connectivity index (χ1v) is 8.10. The van der Waals surface area contributed by atoms with Gasteiger partial charge in [-0.2, -0.15) is 0 Å². The smallest absolute Gasteiger partial charge is 0.266 e. The van der Waals surface area contributed by atoms with Crippen molar-refractivity contribution in [3.63, 3.8) is 0 Å². The van der Waals surface area contributed by atoms with Crippen LogP contribution in [-0.2, 0) is 4.79 Å². The zero-order valence-corrected chi connectivity index (χ0v) is 13.7. The number of carbonyl (C=O) groups excluding carboxylic acids is 1. The molecular weight excluding hydrogens is 286 g/mol. The lowest BCUT2D eigenvalue weighted by Crippen LogP contribution is -2.28. The number of hydrogen-bond donors (Lipinski definition) is 0. The van der Waals surface area contributed by atoms with Gasteiger partial charge in [-0.3, -0.25) is 9.69 Å². The number of amides is 1. The van der Waals surface area contributed by atoms with Crippen LogP contribution in [0.2, 0.25) is 0 Å². The third kappa shape index (κ3) is 3.30. The quantitative estimate of drug-likeness (QED) is 0.606. The first-order valence-electron chi connectivity index (χ1n) is 6.88. The molecule has 2 rings (SSSR count). The van der Waals surface area contributed by atoms with Crippen LogP contribution in [0.5, 0.6) is 0 Å². The fourth-order valence-corrected chi connectivity index (χ4v) is 3.35. The first-order chi connectivity index (χ1) is 9.52. The maximum Gasteiger partial charge on any atom is 0.266 e. The maximum atomic E-state index is 12.2. The zero-order valence-electron chi connectivity index (χ0n) is 12.1. The van der Waals surface area contributed by atoms with Gasteiger partial charge in [0.05, 0.1) is 4.91 Å². The van der Waals surface area contributed by atoms with Crippen molar-refractivity contribution in [2.75, 3.05) is 6.54 Å². The van der Waals surface area contributed by atoms with E-state index in [1.807, 2.05) is 13.0 Å². The second-order valence-corrected chi connectivity index (χ2v) is 6.83. The van der Waals surface area contributed by atoms with Gasteiger partial charge in [0.25, 0.3) is 5.91 Å². The van der Waals surface area contributed by atoms with E-state index >= 15 is 0 Å². The molecule has 0 saturated carbocycles. The molecule has 1 aliphatic rings. The van der Waals surface area contributed by atoms with E-state index in [2.05, 4.69) is 38.1 Å². The molecule has 4 heteroatoms. The average Bonchev–Trinajstić information content (AvgIpc) is 2.67. The number of rotatable bonds is 4. The van der Waals surface area contributed by atoms with Crippen LogP contribution in [0.1, 0.15) is 44.2 Å². The molecule has 0 atom stereocenters. The van der Waals surface area contributed by atoms with E-state index in [-0.39, 0.29) is 5.91 Å². The molecule has 1 aliphatic heterocycles. The molecule has 0 N–H and O–H groups in total. The number of thiocarbonyl (C=S) groups is 1.